The number of fused-ring (bicyclic) bond motifs is 4. The van der Waals surface area contributed by atoms with Crippen molar-refractivity contribution < 1.29 is 19.2 Å². The summed E-state index contributed by atoms with van der Waals surface area (Å²) in [4.78, 5) is 60.8. The smallest absolute Gasteiger partial charge is 0.183 e. The summed E-state index contributed by atoms with van der Waals surface area (Å²) in [6, 6.07) is 39.1. The Morgan fingerprint density at radius 1 is 0.310 bits per heavy atom. The van der Waals surface area contributed by atoms with E-state index in [2.05, 4.69) is 0 Å². The van der Waals surface area contributed by atoms with E-state index in [0.717, 1.165) is 10.8 Å². The van der Waals surface area contributed by atoms with Gasteiger partial charge in [-0.05, 0) is 32.7 Å². The SMILES string of the molecule is O=C1c2ccccc2C(=O)C1(c1cccc2ccccc12)C1(c2cccc3ccccc23)C(=O)c2ccccc2C1=O. The van der Waals surface area contributed by atoms with Gasteiger partial charge in [0.1, 0.15) is 10.8 Å². The number of Topliss-reactive ketones (excluding diaryl/α,β-unsaturated/α-hetero) is 4. The Bertz CT molecular complexity index is 1950. The Hall–Kier alpha value is -5.48. The van der Waals surface area contributed by atoms with Crippen LogP contribution in [0.15, 0.2) is 133 Å². The molecule has 2 aliphatic rings. The second-order valence-corrected chi connectivity index (χ2v) is 11.0. The van der Waals surface area contributed by atoms with Gasteiger partial charge >= 0.3 is 0 Å². The largest absolute Gasteiger partial charge is 0.293 e. The van der Waals surface area contributed by atoms with Crippen LogP contribution >= 0.6 is 0 Å². The van der Waals surface area contributed by atoms with E-state index in [9.17, 15) is 0 Å². The molecule has 2 aliphatic carbocycles. The summed E-state index contributed by atoms with van der Waals surface area (Å²) >= 11 is 0. The molecule has 0 heterocycles. The molecular formula is C38H22O4. The van der Waals surface area contributed by atoms with Crippen molar-refractivity contribution in [3.63, 3.8) is 0 Å². The lowest BCUT2D eigenvalue weighted by molar-refractivity contribution is 0.0561. The van der Waals surface area contributed by atoms with Crippen molar-refractivity contribution >= 4 is 44.7 Å². The second-order valence-electron chi connectivity index (χ2n) is 11.0. The summed E-state index contributed by atoms with van der Waals surface area (Å²) < 4.78 is 0. The normalized spacial score (nSPS) is 16.7. The van der Waals surface area contributed by atoms with Crippen LogP contribution in [0.3, 0.4) is 0 Å². The molecule has 8 rings (SSSR count). The van der Waals surface area contributed by atoms with Gasteiger partial charge in [0.25, 0.3) is 0 Å². The minimum absolute atomic E-state index is 0.214. The molecular weight excluding hydrogens is 520 g/mol. The molecule has 0 aromatic heterocycles. The van der Waals surface area contributed by atoms with Crippen LogP contribution in [0.4, 0.5) is 0 Å². The first-order chi connectivity index (χ1) is 20.5. The van der Waals surface area contributed by atoms with Crippen molar-refractivity contribution in [2.45, 2.75) is 10.8 Å². The average Bonchev–Trinajstić information content (AvgIpc) is 3.41. The summed E-state index contributed by atoms with van der Waals surface area (Å²) in [5.41, 5.74) is -2.80. The Morgan fingerprint density at radius 2 is 0.595 bits per heavy atom. The molecule has 4 nitrogen and oxygen atoms in total. The first-order valence-corrected chi connectivity index (χ1v) is 13.9. The van der Waals surface area contributed by atoms with Crippen LogP contribution in [0.5, 0.6) is 0 Å². The zero-order valence-corrected chi connectivity index (χ0v) is 22.3. The molecule has 42 heavy (non-hydrogen) atoms. The fourth-order valence-electron chi connectivity index (χ4n) is 7.45. The summed E-state index contributed by atoms with van der Waals surface area (Å²) in [6.07, 6.45) is 0. The highest BCUT2D eigenvalue weighted by Gasteiger charge is 2.75. The predicted octanol–water partition coefficient (Wildman–Crippen LogP) is 7.33. The molecule has 0 aliphatic heterocycles. The molecule has 0 amide bonds. The Balaban J connectivity index is 1.64. The number of ketones is 4. The first kappa shape index (κ1) is 24.3. The zero-order valence-electron chi connectivity index (χ0n) is 22.3. The molecule has 198 valence electrons. The molecule has 0 N–H and O–H groups in total. The Labute approximate surface area is 241 Å². The lowest BCUT2D eigenvalue weighted by Gasteiger charge is -2.43. The highest BCUT2D eigenvalue weighted by Crippen LogP contribution is 2.59. The average molecular weight is 543 g/mol. The fourth-order valence-corrected chi connectivity index (χ4v) is 7.45. The minimum atomic E-state index is -2.19. The third-order valence-electron chi connectivity index (χ3n) is 9.14. The zero-order chi connectivity index (χ0) is 28.6. The molecule has 0 bridgehead atoms. The Morgan fingerprint density at radius 3 is 0.952 bits per heavy atom. The lowest BCUT2D eigenvalue weighted by Crippen LogP contribution is -2.62. The van der Waals surface area contributed by atoms with Gasteiger partial charge in [-0.25, -0.2) is 0 Å². The summed E-state index contributed by atoms with van der Waals surface area (Å²) in [6.45, 7) is 0. The monoisotopic (exact) mass is 542 g/mol. The van der Waals surface area contributed by atoms with Crippen LogP contribution in [0.25, 0.3) is 21.5 Å². The molecule has 0 radical (unpaired) electrons. The number of benzene rings is 6. The van der Waals surface area contributed by atoms with Gasteiger partial charge in [0.2, 0.25) is 0 Å². The predicted molar refractivity (Wildman–Crippen MR) is 161 cm³/mol. The van der Waals surface area contributed by atoms with Crippen LogP contribution in [0.2, 0.25) is 0 Å². The fraction of sp³-hybridized carbons (Fsp3) is 0.0526. The van der Waals surface area contributed by atoms with Gasteiger partial charge in [0.05, 0.1) is 0 Å². The van der Waals surface area contributed by atoms with Gasteiger partial charge in [-0.2, -0.15) is 0 Å². The highest BCUT2D eigenvalue weighted by molar-refractivity contribution is 6.46. The van der Waals surface area contributed by atoms with Crippen molar-refractivity contribution in [3.8, 4) is 0 Å². The van der Waals surface area contributed by atoms with E-state index in [1.807, 2.05) is 60.7 Å². The molecule has 0 fully saturated rings. The van der Waals surface area contributed by atoms with Crippen molar-refractivity contribution in [1.82, 2.24) is 0 Å². The van der Waals surface area contributed by atoms with Crippen molar-refractivity contribution in [3.05, 3.63) is 167 Å². The van der Waals surface area contributed by atoms with Crippen molar-refractivity contribution in [2.75, 3.05) is 0 Å². The number of rotatable bonds is 3. The maximum absolute atomic E-state index is 15.2. The third kappa shape index (κ3) is 2.72. The van der Waals surface area contributed by atoms with Gasteiger partial charge < -0.3 is 0 Å². The topological polar surface area (TPSA) is 68.3 Å². The molecule has 0 atom stereocenters. The summed E-state index contributed by atoms with van der Waals surface area (Å²) in [5, 5.41) is 2.89. The molecule has 0 spiro atoms. The highest BCUT2D eigenvalue weighted by atomic mass is 16.2. The number of hydrogen-bond acceptors (Lipinski definition) is 4. The standard InChI is InChI=1S/C38H22O4/c39-33-27-17-5-6-18-28(27)34(40)37(33,31-21-9-13-23-11-1-3-15-25(23)31)38(32-22-10-14-24-12-2-4-16-26(24)32)35(41)29-19-7-8-20-30(29)36(38)42/h1-22H. The van der Waals surface area contributed by atoms with Crippen LogP contribution in [-0.2, 0) is 10.8 Å². The molecule has 6 aromatic rings. The van der Waals surface area contributed by atoms with Crippen LogP contribution < -0.4 is 0 Å². The molecule has 6 aromatic carbocycles. The molecule has 0 saturated carbocycles. The van der Waals surface area contributed by atoms with E-state index < -0.39 is 34.0 Å². The van der Waals surface area contributed by atoms with Crippen molar-refractivity contribution in [1.29, 1.82) is 0 Å². The van der Waals surface area contributed by atoms with E-state index >= 15 is 19.2 Å². The number of hydrogen-bond donors (Lipinski definition) is 0. The van der Waals surface area contributed by atoms with Gasteiger partial charge in [0, 0.05) is 22.3 Å². The van der Waals surface area contributed by atoms with E-state index in [0.29, 0.717) is 21.9 Å². The molecule has 4 heteroatoms. The van der Waals surface area contributed by atoms with Crippen LogP contribution in [0.1, 0.15) is 52.6 Å². The summed E-state index contributed by atoms with van der Waals surface area (Å²) in [5.74, 6) is -2.16. The van der Waals surface area contributed by atoms with E-state index in [1.165, 1.54) is 0 Å². The second kappa shape index (κ2) is 8.51. The summed E-state index contributed by atoms with van der Waals surface area (Å²) in [7, 11) is 0. The van der Waals surface area contributed by atoms with Gasteiger partial charge in [-0.15, -0.1) is 0 Å². The van der Waals surface area contributed by atoms with Crippen LogP contribution in [0, 0.1) is 0 Å². The van der Waals surface area contributed by atoms with Gasteiger partial charge in [0.15, 0.2) is 23.1 Å². The van der Waals surface area contributed by atoms with E-state index in [1.54, 1.807) is 72.8 Å². The first-order valence-electron chi connectivity index (χ1n) is 13.9. The third-order valence-corrected chi connectivity index (χ3v) is 9.14. The Kier molecular flexibility index (Phi) is 4.93. The van der Waals surface area contributed by atoms with Crippen LogP contribution in [-0.4, -0.2) is 23.1 Å². The quantitative estimate of drug-likeness (QED) is 0.220. The van der Waals surface area contributed by atoms with E-state index in [4.69, 9.17) is 0 Å². The molecule has 0 saturated heterocycles. The maximum atomic E-state index is 15.2. The van der Waals surface area contributed by atoms with Gasteiger partial charge in [-0.1, -0.05) is 133 Å². The lowest BCUT2D eigenvalue weighted by atomic mass is 9.51. The number of carbonyl (C=O) groups is 4. The maximum Gasteiger partial charge on any atom is 0.183 e. The number of carbonyl (C=O) groups excluding carboxylic acids is 4. The van der Waals surface area contributed by atoms with Gasteiger partial charge in [-0.3, -0.25) is 19.2 Å². The van der Waals surface area contributed by atoms with Crippen molar-refractivity contribution in [2.24, 2.45) is 0 Å². The molecule has 0 unspecified atom stereocenters. The van der Waals surface area contributed by atoms with E-state index in [-0.39, 0.29) is 22.3 Å². The minimum Gasteiger partial charge on any atom is -0.293 e.